The second kappa shape index (κ2) is 6.72. The van der Waals surface area contributed by atoms with Crippen molar-refractivity contribution >= 4 is 0 Å². The van der Waals surface area contributed by atoms with Crippen molar-refractivity contribution in [2.24, 2.45) is 16.2 Å². The van der Waals surface area contributed by atoms with Crippen molar-refractivity contribution < 1.29 is 0 Å². The van der Waals surface area contributed by atoms with Crippen LogP contribution in [0.4, 0.5) is 0 Å². The first kappa shape index (κ1) is 23.1. The van der Waals surface area contributed by atoms with Crippen LogP contribution in [0.5, 0.6) is 0 Å². The van der Waals surface area contributed by atoms with Gasteiger partial charge in [0.1, 0.15) is 0 Å². The third-order valence-corrected chi connectivity index (χ3v) is 9.77. The summed E-state index contributed by atoms with van der Waals surface area (Å²) >= 11 is 0. The average molecular weight is 417 g/mol. The first-order valence-corrected chi connectivity index (χ1v) is 13.1. The van der Waals surface area contributed by atoms with Crippen LogP contribution in [0.25, 0.3) is 0 Å². The van der Waals surface area contributed by atoms with Crippen molar-refractivity contribution in [2.45, 2.75) is 156 Å². The predicted octanol–water partition coefficient (Wildman–Crippen LogP) is 7.27. The van der Waals surface area contributed by atoms with Gasteiger partial charge in [-0.1, -0.05) is 34.6 Å². The quantitative estimate of drug-likeness (QED) is 0.465. The topological polar surface area (TPSA) is 6.48 Å². The van der Waals surface area contributed by atoms with Gasteiger partial charge in [-0.25, -0.2) is 0 Å². The molecule has 0 aromatic heterocycles. The zero-order chi connectivity index (χ0) is 22.4. The second-order valence-corrected chi connectivity index (χ2v) is 15.2. The van der Waals surface area contributed by atoms with E-state index >= 15 is 0 Å². The maximum Gasteiger partial charge on any atom is 0.0219 e. The summed E-state index contributed by atoms with van der Waals surface area (Å²) < 4.78 is 0. The SMILES string of the molecule is CC(C)(C)C1N(C(C)(C)CCC(C)(C)C2CCC3(CC3)N2C(C)(C)C)CCC12CC2. The van der Waals surface area contributed by atoms with Crippen LogP contribution in [0.2, 0.25) is 0 Å². The summed E-state index contributed by atoms with van der Waals surface area (Å²) in [6.45, 7) is 26.4. The summed E-state index contributed by atoms with van der Waals surface area (Å²) in [5, 5.41) is 0. The molecule has 2 heterocycles. The number of rotatable bonds is 5. The molecule has 4 rings (SSSR count). The molecule has 2 heteroatoms. The Kier molecular flexibility index (Phi) is 5.17. The Morgan fingerprint density at radius 1 is 0.733 bits per heavy atom. The third kappa shape index (κ3) is 3.81. The van der Waals surface area contributed by atoms with E-state index in [-0.39, 0.29) is 5.54 Å². The van der Waals surface area contributed by atoms with Gasteiger partial charge >= 0.3 is 0 Å². The minimum absolute atomic E-state index is 0.287. The van der Waals surface area contributed by atoms with E-state index in [1.165, 1.54) is 64.3 Å². The Balaban J connectivity index is 1.48. The molecule has 174 valence electrons. The molecule has 0 N–H and O–H groups in total. The van der Waals surface area contributed by atoms with Gasteiger partial charge in [-0.05, 0) is 115 Å². The van der Waals surface area contributed by atoms with E-state index in [4.69, 9.17) is 0 Å². The molecule has 2 saturated heterocycles. The number of likely N-dealkylation sites (tertiary alicyclic amines) is 2. The van der Waals surface area contributed by atoms with Crippen LogP contribution in [0.3, 0.4) is 0 Å². The molecule has 2 nitrogen and oxygen atoms in total. The Hall–Kier alpha value is -0.0800. The molecule has 4 fully saturated rings. The molecule has 4 aliphatic rings. The fourth-order valence-electron chi connectivity index (χ4n) is 8.14. The van der Waals surface area contributed by atoms with Crippen molar-refractivity contribution in [1.29, 1.82) is 0 Å². The summed E-state index contributed by atoms with van der Waals surface area (Å²) in [6, 6.07) is 1.50. The van der Waals surface area contributed by atoms with Crippen LogP contribution < -0.4 is 0 Å². The van der Waals surface area contributed by atoms with Gasteiger partial charge in [0.25, 0.3) is 0 Å². The molecule has 0 radical (unpaired) electrons. The van der Waals surface area contributed by atoms with E-state index in [2.05, 4.69) is 79.0 Å². The smallest absolute Gasteiger partial charge is 0.0219 e. The molecule has 2 atom stereocenters. The van der Waals surface area contributed by atoms with Crippen molar-refractivity contribution in [3.8, 4) is 0 Å². The molecule has 30 heavy (non-hydrogen) atoms. The molecule has 2 aliphatic heterocycles. The Labute approximate surface area is 188 Å². The van der Waals surface area contributed by atoms with Crippen molar-refractivity contribution in [2.75, 3.05) is 6.54 Å². The molecule has 0 aromatic rings. The molecule has 2 saturated carbocycles. The lowest BCUT2D eigenvalue weighted by Gasteiger charge is -2.50. The van der Waals surface area contributed by atoms with Gasteiger partial charge in [-0.15, -0.1) is 0 Å². The maximum atomic E-state index is 2.97. The number of hydrogen-bond acceptors (Lipinski definition) is 2. The van der Waals surface area contributed by atoms with Gasteiger partial charge in [-0.2, -0.15) is 0 Å². The van der Waals surface area contributed by atoms with Crippen LogP contribution in [-0.4, -0.2) is 45.0 Å². The molecule has 0 bridgehead atoms. The van der Waals surface area contributed by atoms with Gasteiger partial charge in [0.15, 0.2) is 0 Å². The van der Waals surface area contributed by atoms with Crippen LogP contribution in [0.15, 0.2) is 0 Å². The fourth-order valence-corrected chi connectivity index (χ4v) is 8.14. The standard InChI is InChI=1S/C28H52N2/c1-23(2,3)22-27(15-16-27)19-20-29(22)26(9,10)14-13-25(7,8)21-11-12-28(17-18-28)30(21)24(4,5)6/h21-22H,11-20H2,1-10H3. The number of hydrogen-bond donors (Lipinski definition) is 0. The van der Waals surface area contributed by atoms with E-state index in [0.717, 1.165) is 12.1 Å². The zero-order valence-corrected chi connectivity index (χ0v) is 22.1. The van der Waals surface area contributed by atoms with Crippen LogP contribution in [0.1, 0.15) is 127 Å². The summed E-state index contributed by atoms with van der Waals surface area (Å²) in [5.41, 5.74) is 2.55. The largest absolute Gasteiger partial charge is 0.294 e. The molecule has 2 aliphatic carbocycles. The average Bonchev–Trinajstić information content (AvgIpc) is 3.40. The first-order valence-electron chi connectivity index (χ1n) is 13.1. The normalized spacial score (nSPS) is 31.8. The summed E-state index contributed by atoms with van der Waals surface area (Å²) in [5.74, 6) is 0. The molecule has 0 amide bonds. The fraction of sp³-hybridized carbons (Fsp3) is 1.00. The summed E-state index contributed by atoms with van der Waals surface area (Å²) in [7, 11) is 0. The van der Waals surface area contributed by atoms with Crippen LogP contribution >= 0.6 is 0 Å². The molecule has 0 aromatic carbocycles. The lowest BCUT2D eigenvalue weighted by Crippen LogP contribution is -2.56. The van der Waals surface area contributed by atoms with Gasteiger partial charge < -0.3 is 0 Å². The summed E-state index contributed by atoms with van der Waals surface area (Å²) in [4.78, 5) is 5.93. The Bertz CT molecular complexity index is 593. The van der Waals surface area contributed by atoms with Gasteiger partial charge in [0.05, 0.1) is 0 Å². The minimum atomic E-state index is 0.287. The minimum Gasteiger partial charge on any atom is -0.294 e. The van der Waals surface area contributed by atoms with Gasteiger partial charge in [0, 0.05) is 28.7 Å². The van der Waals surface area contributed by atoms with Crippen LogP contribution in [-0.2, 0) is 0 Å². The monoisotopic (exact) mass is 416 g/mol. The second-order valence-electron chi connectivity index (χ2n) is 15.2. The van der Waals surface area contributed by atoms with E-state index in [1.807, 2.05) is 0 Å². The van der Waals surface area contributed by atoms with Crippen molar-refractivity contribution in [3.63, 3.8) is 0 Å². The van der Waals surface area contributed by atoms with E-state index < -0.39 is 0 Å². The van der Waals surface area contributed by atoms with E-state index in [0.29, 0.717) is 27.3 Å². The van der Waals surface area contributed by atoms with E-state index in [1.54, 1.807) is 0 Å². The highest BCUT2D eigenvalue weighted by Crippen LogP contribution is 2.63. The van der Waals surface area contributed by atoms with Crippen molar-refractivity contribution in [3.05, 3.63) is 0 Å². The maximum absolute atomic E-state index is 2.97. The first-order chi connectivity index (χ1) is 13.5. The predicted molar refractivity (Wildman–Crippen MR) is 130 cm³/mol. The summed E-state index contributed by atoms with van der Waals surface area (Å²) in [6.07, 6.45) is 12.7. The lowest BCUT2D eigenvalue weighted by atomic mass is 9.73. The van der Waals surface area contributed by atoms with Gasteiger partial charge in [0.2, 0.25) is 0 Å². The number of nitrogens with zero attached hydrogens (tertiary/aromatic N) is 2. The Morgan fingerprint density at radius 3 is 1.80 bits per heavy atom. The highest BCUT2D eigenvalue weighted by molar-refractivity contribution is 5.16. The molecule has 2 unspecified atom stereocenters. The third-order valence-electron chi connectivity index (χ3n) is 9.77. The van der Waals surface area contributed by atoms with Gasteiger partial charge in [-0.3, -0.25) is 9.80 Å². The lowest BCUT2D eigenvalue weighted by molar-refractivity contribution is -0.0135. The zero-order valence-electron chi connectivity index (χ0n) is 22.1. The van der Waals surface area contributed by atoms with Crippen molar-refractivity contribution in [1.82, 2.24) is 9.80 Å². The highest BCUT2D eigenvalue weighted by Gasteiger charge is 2.62. The van der Waals surface area contributed by atoms with E-state index in [9.17, 15) is 0 Å². The van der Waals surface area contributed by atoms with Crippen LogP contribution in [0, 0.1) is 16.2 Å². The highest BCUT2D eigenvalue weighted by atomic mass is 15.3. The molecular weight excluding hydrogens is 364 g/mol. The molecular formula is C28H52N2. The Morgan fingerprint density at radius 2 is 1.33 bits per heavy atom. The molecule has 2 spiro atoms.